The van der Waals surface area contributed by atoms with Crippen LogP contribution in [0.25, 0.3) is 0 Å². The van der Waals surface area contributed by atoms with Crippen LogP contribution >= 0.6 is 0 Å². The van der Waals surface area contributed by atoms with Gasteiger partial charge in [0.05, 0.1) is 12.7 Å². The molecule has 1 N–H and O–H groups in total. The zero-order valence-electron chi connectivity index (χ0n) is 13.6. The lowest BCUT2D eigenvalue weighted by molar-refractivity contribution is 0.0393. The summed E-state index contributed by atoms with van der Waals surface area (Å²) in [7, 11) is 0. The average molecular weight is 277 g/mol. The summed E-state index contributed by atoms with van der Waals surface area (Å²) in [6.07, 6.45) is 3.73. The van der Waals surface area contributed by atoms with Crippen molar-refractivity contribution in [3.05, 3.63) is 35.4 Å². The highest BCUT2D eigenvalue weighted by Gasteiger charge is 2.07. The number of ether oxygens (including phenoxy) is 1. The summed E-state index contributed by atoms with van der Waals surface area (Å²) in [6, 6.07) is 8.64. The van der Waals surface area contributed by atoms with Crippen LogP contribution in [0.4, 0.5) is 0 Å². The molecule has 0 bridgehead atoms. The van der Waals surface area contributed by atoms with Gasteiger partial charge in [0.2, 0.25) is 0 Å². The van der Waals surface area contributed by atoms with E-state index in [1.807, 2.05) is 0 Å². The smallest absolute Gasteiger partial charge is 0.0723 e. The minimum Gasteiger partial charge on any atom is -0.374 e. The van der Waals surface area contributed by atoms with E-state index in [4.69, 9.17) is 4.74 Å². The third kappa shape index (κ3) is 7.06. The fourth-order valence-electron chi connectivity index (χ4n) is 2.43. The average Bonchev–Trinajstić information content (AvgIpc) is 2.41. The molecule has 0 aliphatic carbocycles. The first kappa shape index (κ1) is 17.2. The predicted octanol–water partition coefficient (Wildman–Crippen LogP) is 4.18. The van der Waals surface area contributed by atoms with Crippen LogP contribution < -0.4 is 5.32 Å². The molecule has 0 saturated heterocycles. The molecule has 0 fully saturated rings. The van der Waals surface area contributed by atoms with Crippen LogP contribution in [0, 0.1) is 5.92 Å². The Labute approximate surface area is 124 Å². The molecule has 114 valence electrons. The van der Waals surface area contributed by atoms with Crippen LogP contribution in [0.15, 0.2) is 24.3 Å². The summed E-state index contributed by atoms with van der Waals surface area (Å²) in [5, 5.41) is 3.46. The minimum absolute atomic E-state index is 0.335. The van der Waals surface area contributed by atoms with Crippen molar-refractivity contribution in [1.29, 1.82) is 0 Å². The van der Waals surface area contributed by atoms with Crippen molar-refractivity contribution in [2.45, 2.75) is 59.7 Å². The summed E-state index contributed by atoms with van der Waals surface area (Å²) < 4.78 is 5.99. The molecule has 0 aliphatic rings. The van der Waals surface area contributed by atoms with Crippen molar-refractivity contribution in [3.8, 4) is 0 Å². The molecule has 0 radical (unpaired) electrons. The van der Waals surface area contributed by atoms with Gasteiger partial charge in [0.25, 0.3) is 0 Å². The molecule has 1 aromatic rings. The number of nitrogens with one attached hydrogen (secondary N) is 1. The molecular formula is C18H31NO. The van der Waals surface area contributed by atoms with E-state index in [2.05, 4.69) is 57.3 Å². The monoisotopic (exact) mass is 277 g/mol. The summed E-state index contributed by atoms with van der Waals surface area (Å²) >= 11 is 0. The van der Waals surface area contributed by atoms with Gasteiger partial charge in [-0.25, -0.2) is 0 Å². The van der Waals surface area contributed by atoms with E-state index >= 15 is 0 Å². The Morgan fingerprint density at radius 3 is 2.40 bits per heavy atom. The molecule has 0 amide bonds. The zero-order valence-corrected chi connectivity index (χ0v) is 13.6. The molecule has 20 heavy (non-hydrogen) atoms. The topological polar surface area (TPSA) is 21.3 Å². The molecule has 1 unspecified atom stereocenters. The van der Waals surface area contributed by atoms with E-state index in [0.29, 0.717) is 12.0 Å². The second kappa shape index (κ2) is 9.95. The molecule has 2 nitrogen and oxygen atoms in total. The van der Waals surface area contributed by atoms with Gasteiger partial charge in [0.15, 0.2) is 0 Å². The van der Waals surface area contributed by atoms with Crippen molar-refractivity contribution in [2.24, 2.45) is 5.92 Å². The standard InChI is InChI=1S/C18H31NO/c1-5-11-19-12-10-17-8-6-7-9-18(17)14-20-16(4)13-15(2)3/h6-9,15-16,19H,5,10-14H2,1-4H3. The summed E-state index contributed by atoms with van der Waals surface area (Å²) in [6.45, 7) is 11.7. The number of rotatable bonds is 10. The van der Waals surface area contributed by atoms with Crippen molar-refractivity contribution < 1.29 is 4.74 Å². The lowest BCUT2D eigenvalue weighted by Gasteiger charge is -2.17. The highest BCUT2D eigenvalue weighted by Crippen LogP contribution is 2.14. The quantitative estimate of drug-likeness (QED) is 0.648. The molecule has 2 heteroatoms. The summed E-state index contributed by atoms with van der Waals surface area (Å²) in [5.41, 5.74) is 2.74. The fraction of sp³-hybridized carbons (Fsp3) is 0.667. The molecule has 0 spiro atoms. The van der Waals surface area contributed by atoms with E-state index in [0.717, 1.165) is 32.5 Å². The maximum absolute atomic E-state index is 5.99. The van der Waals surface area contributed by atoms with Crippen LogP contribution in [-0.4, -0.2) is 19.2 Å². The van der Waals surface area contributed by atoms with Gasteiger partial charge < -0.3 is 10.1 Å². The number of hydrogen-bond donors (Lipinski definition) is 1. The van der Waals surface area contributed by atoms with Crippen molar-refractivity contribution in [3.63, 3.8) is 0 Å². The number of benzene rings is 1. The molecule has 0 aromatic heterocycles. The number of hydrogen-bond acceptors (Lipinski definition) is 2. The van der Waals surface area contributed by atoms with Gasteiger partial charge in [-0.2, -0.15) is 0 Å². The molecule has 1 rings (SSSR count). The van der Waals surface area contributed by atoms with Crippen molar-refractivity contribution >= 4 is 0 Å². The maximum atomic E-state index is 5.99. The van der Waals surface area contributed by atoms with Crippen molar-refractivity contribution in [1.82, 2.24) is 5.32 Å². The highest BCUT2D eigenvalue weighted by atomic mass is 16.5. The Kier molecular flexibility index (Phi) is 8.56. The van der Waals surface area contributed by atoms with Crippen LogP contribution in [0.5, 0.6) is 0 Å². The third-order valence-corrected chi connectivity index (χ3v) is 3.44. The summed E-state index contributed by atoms with van der Waals surface area (Å²) in [5.74, 6) is 0.693. The van der Waals surface area contributed by atoms with Crippen LogP contribution in [-0.2, 0) is 17.8 Å². The molecule has 1 aromatic carbocycles. The van der Waals surface area contributed by atoms with Gasteiger partial charge in [-0.3, -0.25) is 0 Å². The lowest BCUT2D eigenvalue weighted by atomic mass is 10.0. The fourth-order valence-corrected chi connectivity index (χ4v) is 2.43. The van der Waals surface area contributed by atoms with Gasteiger partial charge in [0.1, 0.15) is 0 Å². The Morgan fingerprint density at radius 2 is 1.75 bits per heavy atom. The highest BCUT2D eigenvalue weighted by molar-refractivity contribution is 5.26. The molecular weight excluding hydrogens is 246 g/mol. The largest absolute Gasteiger partial charge is 0.374 e. The predicted molar refractivity (Wildman–Crippen MR) is 87.0 cm³/mol. The Balaban J connectivity index is 2.44. The van der Waals surface area contributed by atoms with E-state index in [1.54, 1.807) is 0 Å². The SMILES string of the molecule is CCCNCCc1ccccc1COC(C)CC(C)C. The molecule has 1 atom stereocenters. The zero-order chi connectivity index (χ0) is 14.8. The molecule has 0 saturated carbocycles. The van der Waals surface area contributed by atoms with E-state index in [1.165, 1.54) is 17.5 Å². The first-order valence-electron chi connectivity index (χ1n) is 8.02. The second-order valence-corrected chi connectivity index (χ2v) is 6.02. The second-order valence-electron chi connectivity index (χ2n) is 6.02. The Bertz CT molecular complexity index is 362. The van der Waals surface area contributed by atoms with Gasteiger partial charge in [-0.1, -0.05) is 45.0 Å². The molecule has 0 heterocycles. The minimum atomic E-state index is 0.335. The molecule has 0 aliphatic heterocycles. The van der Waals surface area contributed by atoms with Gasteiger partial charge in [-0.15, -0.1) is 0 Å². The van der Waals surface area contributed by atoms with Gasteiger partial charge >= 0.3 is 0 Å². The first-order chi connectivity index (χ1) is 9.63. The van der Waals surface area contributed by atoms with Crippen LogP contribution in [0.3, 0.4) is 0 Å². The Hall–Kier alpha value is -0.860. The van der Waals surface area contributed by atoms with E-state index in [9.17, 15) is 0 Å². The van der Waals surface area contributed by atoms with Crippen LogP contribution in [0.1, 0.15) is 51.7 Å². The van der Waals surface area contributed by atoms with E-state index < -0.39 is 0 Å². The van der Waals surface area contributed by atoms with Gasteiger partial charge in [0, 0.05) is 0 Å². The summed E-state index contributed by atoms with van der Waals surface area (Å²) in [4.78, 5) is 0. The van der Waals surface area contributed by atoms with Crippen LogP contribution in [0.2, 0.25) is 0 Å². The lowest BCUT2D eigenvalue weighted by Crippen LogP contribution is -2.18. The normalized spacial score (nSPS) is 12.8. The first-order valence-corrected chi connectivity index (χ1v) is 8.02. The maximum Gasteiger partial charge on any atom is 0.0723 e. The third-order valence-electron chi connectivity index (χ3n) is 3.44. The Morgan fingerprint density at radius 1 is 1.05 bits per heavy atom. The van der Waals surface area contributed by atoms with E-state index in [-0.39, 0.29) is 0 Å². The van der Waals surface area contributed by atoms with Gasteiger partial charge in [-0.05, 0) is 56.3 Å². The van der Waals surface area contributed by atoms with Crippen molar-refractivity contribution in [2.75, 3.05) is 13.1 Å².